The summed E-state index contributed by atoms with van der Waals surface area (Å²) in [6.45, 7) is 4.17. The molecule has 0 saturated carbocycles. The van der Waals surface area contributed by atoms with Crippen LogP contribution in [0.15, 0.2) is 78.6 Å². The molecule has 1 saturated heterocycles. The summed E-state index contributed by atoms with van der Waals surface area (Å²) in [5.74, 6) is -1.39. The number of nitrogens with zero attached hydrogens (tertiary/aromatic N) is 2. The monoisotopic (exact) mass is 412 g/mol. The topological polar surface area (TPSA) is 70.5 Å². The van der Waals surface area contributed by atoms with Crippen LogP contribution in [0.25, 0.3) is 5.76 Å². The minimum Gasteiger partial charge on any atom is -0.507 e. The number of hydrogen-bond acceptors (Lipinski definition) is 4. The van der Waals surface area contributed by atoms with E-state index in [4.69, 9.17) is 0 Å². The molecule has 2 heterocycles. The van der Waals surface area contributed by atoms with Gasteiger partial charge in [0.05, 0.1) is 11.6 Å². The molecule has 1 amide bonds. The first-order valence-corrected chi connectivity index (χ1v) is 10.3. The van der Waals surface area contributed by atoms with Gasteiger partial charge in [0.15, 0.2) is 0 Å². The van der Waals surface area contributed by atoms with Crippen molar-refractivity contribution in [3.8, 4) is 0 Å². The summed E-state index contributed by atoms with van der Waals surface area (Å²) in [4.78, 5) is 31.7. The largest absolute Gasteiger partial charge is 0.507 e. The number of carbonyl (C=O) groups excluding carboxylic acids is 2. The van der Waals surface area contributed by atoms with E-state index in [0.29, 0.717) is 18.5 Å². The molecule has 1 aliphatic rings. The van der Waals surface area contributed by atoms with Crippen LogP contribution in [0.3, 0.4) is 0 Å². The quantitative estimate of drug-likeness (QED) is 0.384. The molecule has 0 spiro atoms. The Morgan fingerprint density at radius 1 is 1.00 bits per heavy atom. The minimum atomic E-state index is -0.661. The van der Waals surface area contributed by atoms with E-state index in [-0.39, 0.29) is 11.3 Å². The van der Waals surface area contributed by atoms with Gasteiger partial charge >= 0.3 is 0 Å². The number of Topliss-reactive ketones (excluding diaryl/α,β-unsaturated/α-hetero) is 1. The van der Waals surface area contributed by atoms with Gasteiger partial charge in [-0.1, -0.05) is 48.0 Å². The Kier molecular flexibility index (Phi) is 5.67. The second-order valence-electron chi connectivity index (χ2n) is 7.83. The maximum absolute atomic E-state index is 13.1. The highest BCUT2D eigenvalue weighted by molar-refractivity contribution is 6.46. The standard InChI is InChI=1S/C26H24N2O3/c1-17-8-9-18(2)21(16-17)24(29)22-23(20-10-13-27-14-11-20)28(26(31)25(22)30)15-12-19-6-4-3-5-7-19/h3-11,13-14,16,23,29H,12,15H2,1-2H3/b24-22+. The number of carbonyl (C=O) groups is 2. The van der Waals surface area contributed by atoms with Crippen LogP contribution in [0.5, 0.6) is 0 Å². The summed E-state index contributed by atoms with van der Waals surface area (Å²) in [6.07, 6.45) is 3.87. The third-order valence-corrected chi connectivity index (χ3v) is 5.69. The first kappa shape index (κ1) is 20.5. The van der Waals surface area contributed by atoms with Crippen molar-refractivity contribution in [1.29, 1.82) is 0 Å². The van der Waals surface area contributed by atoms with Crippen LogP contribution in [0.2, 0.25) is 0 Å². The average Bonchev–Trinajstić information content (AvgIpc) is 3.05. The Morgan fingerprint density at radius 2 is 1.71 bits per heavy atom. The molecule has 1 aliphatic heterocycles. The van der Waals surface area contributed by atoms with Crippen molar-refractivity contribution >= 4 is 17.4 Å². The van der Waals surface area contributed by atoms with E-state index < -0.39 is 17.7 Å². The lowest BCUT2D eigenvalue weighted by atomic mass is 9.93. The Morgan fingerprint density at radius 3 is 2.42 bits per heavy atom. The van der Waals surface area contributed by atoms with E-state index >= 15 is 0 Å². The molecule has 31 heavy (non-hydrogen) atoms. The van der Waals surface area contributed by atoms with Crippen LogP contribution in [0.1, 0.15) is 33.9 Å². The molecule has 2 aromatic carbocycles. The number of ketones is 1. The van der Waals surface area contributed by atoms with E-state index in [2.05, 4.69) is 4.98 Å². The van der Waals surface area contributed by atoms with Crippen LogP contribution < -0.4 is 0 Å². The molecule has 4 rings (SSSR count). The summed E-state index contributed by atoms with van der Waals surface area (Å²) >= 11 is 0. The summed E-state index contributed by atoms with van der Waals surface area (Å²) in [7, 11) is 0. The van der Waals surface area contributed by atoms with Gasteiger partial charge in [-0.15, -0.1) is 0 Å². The van der Waals surface area contributed by atoms with Crippen LogP contribution in [0, 0.1) is 13.8 Å². The number of benzene rings is 2. The van der Waals surface area contributed by atoms with Crippen molar-refractivity contribution < 1.29 is 14.7 Å². The van der Waals surface area contributed by atoms with Crippen LogP contribution in [-0.4, -0.2) is 33.2 Å². The van der Waals surface area contributed by atoms with E-state index in [1.807, 2.05) is 62.4 Å². The number of rotatable bonds is 5. The number of likely N-dealkylation sites (tertiary alicyclic amines) is 1. The highest BCUT2D eigenvalue weighted by atomic mass is 16.3. The fraction of sp³-hybridized carbons (Fsp3) is 0.192. The molecule has 0 bridgehead atoms. The molecule has 5 heteroatoms. The van der Waals surface area contributed by atoms with Gasteiger partial charge in [-0.2, -0.15) is 0 Å². The van der Waals surface area contributed by atoms with Crippen LogP contribution in [0.4, 0.5) is 0 Å². The predicted octanol–water partition coefficient (Wildman–Crippen LogP) is 4.36. The van der Waals surface area contributed by atoms with Crippen LogP contribution in [-0.2, 0) is 16.0 Å². The van der Waals surface area contributed by atoms with Gasteiger partial charge in [-0.3, -0.25) is 14.6 Å². The zero-order valence-corrected chi connectivity index (χ0v) is 17.6. The molecule has 0 aliphatic carbocycles. The van der Waals surface area contributed by atoms with E-state index in [1.165, 1.54) is 0 Å². The summed E-state index contributed by atoms with van der Waals surface area (Å²) in [6, 6.07) is 18.4. The average molecular weight is 412 g/mol. The third kappa shape index (κ3) is 3.99. The number of amides is 1. The molecule has 5 nitrogen and oxygen atoms in total. The highest BCUT2D eigenvalue weighted by Crippen LogP contribution is 2.39. The number of hydrogen-bond donors (Lipinski definition) is 1. The molecular formula is C26H24N2O3. The van der Waals surface area contributed by atoms with Crippen LogP contribution >= 0.6 is 0 Å². The molecule has 1 unspecified atom stereocenters. The predicted molar refractivity (Wildman–Crippen MR) is 119 cm³/mol. The summed E-state index contributed by atoms with van der Waals surface area (Å²) in [5, 5.41) is 11.2. The number of aliphatic hydroxyl groups excluding tert-OH is 1. The Bertz CT molecular complexity index is 1150. The molecule has 0 radical (unpaired) electrons. The third-order valence-electron chi connectivity index (χ3n) is 5.69. The van der Waals surface area contributed by atoms with Gasteiger partial charge in [0.1, 0.15) is 5.76 Å². The van der Waals surface area contributed by atoms with Crippen molar-refractivity contribution in [3.63, 3.8) is 0 Å². The van der Waals surface area contributed by atoms with Gasteiger partial charge in [-0.05, 0) is 55.2 Å². The second kappa shape index (κ2) is 8.56. The first-order chi connectivity index (χ1) is 15.0. The SMILES string of the molecule is Cc1ccc(C)c(/C(O)=C2\C(=O)C(=O)N(CCc3ccccc3)C2c2ccncc2)c1. The zero-order chi connectivity index (χ0) is 22.0. The molecule has 1 fully saturated rings. The molecule has 3 aromatic rings. The molecule has 1 atom stereocenters. The lowest BCUT2D eigenvalue weighted by molar-refractivity contribution is -0.139. The van der Waals surface area contributed by atoms with Gasteiger partial charge in [0.25, 0.3) is 11.7 Å². The lowest BCUT2D eigenvalue weighted by Gasteiger charge is -2.25. The first-order valence-electron chi connectivity index (χ1n) is 10.3. The van der Waals surface area contributed by atoms with Gasteiger partial charge in [-0.25, -0.2) is 0 Å². The smallest absolute Gasteiger partial charge is 0.295 e. The molecule has 156 valence electrons. The van der Waals surface area contributed by atoms with Gasteiger partial charge in [0, 0.05) is 24.5 Å². The molecular weight excluding hydrogens is 388 g/mol. The normalized spacial score (nSPS) is 17.9. The van der Waals surface area contributed by atoms with E-state index in [0.717, 1.165) is 22.3 Å². The van der Waals surface area contributed by atoms with Crippen molar-refractivity contribution in [2.24, 2.45) is 0 Å². The minimum absolute atomic E-state index is 0.123. The lowest BCUT2D eigenvalue weighted by Crippen LogP contribution is -2.31. The number of aliphatic hydroxyl groups is 1. The zero-order valence-electron chi connectivity index (χ0n) is 17.6. The summed E-state index contributed by atoms with van der Waals surface area (Å²) < 4.78 is 0. The van der Waals surface area contributed by atoms with Crippen molar-refractivity contribution in [2.75, 3.05) is 6.54 Å². The Hall–Kier alpha value is -3.73. The highest BCUT2D eigenvalue weighted by Gasteiger charge is 2.45. The summed E-state index contributed by atoms with van der Waals surface area (Å²) in [5.41, 5.74) is 4.32. The second-order valence-corrected chi connectivity index (χ2v) is 7.83. The van der Waals surface area contributed by atoms with Crippen molar-refractivity contribution in [2.45, 2.75) is 26.3 Å². The van der Waals surface area contributed by atoms with Gasteiger partial charge in [0.2, 0.25) is 0 Å². The van der Waals surface area contributed by atoms with Crippen molar-refractivity contribution in [3.05, 3.63) is 106 Å². The Labute approximate surface area is 181 Å². The number of aryl methyl sites for hydroxylation is 2. The van der Waals surface area contributed by atoms with Gasteiger partial charge < -0.3 is 10.0 Å². The fourth-order valence-corrected chi connectivity index (χ4v) is 4.03. The maximum Gasteiger partial charge on any atom is 0.295 e. The van der Waals surface area contributed by atoms with Crippen molar-refractivity contribution in [1.82, 2.24) is 9.88 Å². The number of pyridine rings is 1. The molecule has 1 aromatic heterocycles. The molecule has 1 N–H and O–H groups in total. The van der Waals surface area contributed by atoms with E-state index in [9.17, 15) is 14.7 Å². The number of aromatic nitrogens is 1. The van der Waals surface area contributed by atoms with E-state index in [1.54, 1.807) is 29.4 Å². The fourth-order valence-electron chi connectivity index (χ4n) is 4.03. The maximum atomic E-state index is 13.1. The Balaban J connectivity index is 1.81.